The van der Waals surface area contributed by atoms with E-state index in [0.29, 0.717) is 0 Å². The molecule has 0 aromatic heterocycles. The summed E-state index contributed by atoms with van der Waals surface area (Å²) in [6.07, 6.45) is 24.0. The lowest BCUT2D eigenvalue weighted by atomic mass is 9.75. The minimum Gasteiger partial charge on any atom is -0.0533 e. The average Bonchev–Trinajstić information content (AvgIpc) is 2.40. The van der Waals surface area contributed by atoms with E-state index in [1.54, 1.807) is 0 Å². The van der Waals surface area contributed by atoms with E-state index in [2.05, 4.69) is 0 Å². The van der Waals surface area contributed by atoms with Gasteiger partial charge in [-0.1, -0.05) is 77.0 Å². The first-order valence-corrected chi connectivity index (χ1v) is 8.81. The predicted octanol–water partition coefficient (Wildman–Crippen LogP) is 6.45. The molecule has 2 aliphatic carbocycles. The van der Waals surface area contributed by atoms with Crippen molar-refractivity contribution in [3.05, 3.63) is 5.92 Å². The molecule has 0 heterocycles. The maximum atomic E-state index is 1.97. The standard InChI is InChI=1S/C18H33/c1-2-4-6-9-13-17(14-10-7-5-3-1)18-15-11-8-12-16-18/h17H,1-16H2. The molecule has 0 heteroatoms. The summed E-state index contributed by atoms with van der Waals surface area (Å²) in [7, 11) is 0. The van der Waals surface area contributed by atoms with Crippen LogP contribution in [0.2, 0.25) is 0 Å². The first-order chi connectivity index (χ1) is 8.97. The van der Waals surface area contributed by atoms with Crippen LogP contribution in [0.15, 0.2) is 0 Å². The Labute approximate surface area is 115 Å². The van der Waals surface area contributed by atoms with E-state index in [1.165, 1.54) is 103 Å². The third-order valence-corrected chi connectivity index (χ3v) is 5.18. The molecule has 0 atom stereocenters. The van der Waals surface area contributed by atoms with Crippen molar-refractivity contribution in [1.29, 1.82) is 0 Å². The summed E-state index contributed by atoms with van der Waals surface area (Å²) in [6.45, 7) is 0. The summed E-state index contributed by atoms with van der Waals surface area (Å²) in [6, 6.07) is 0. The second-order valence-corrected chi connectivity index (χ2v) is 6.68. The first-order valence-electron chi connectivity index (χ1n) is 8.81. The maximum absolute atomic E-state index is 1.97. The highest BCUT2D eigenvalue weighted by atomic mass is 14.3. The highest BCUT2D eigenvalue weighted by molar-refractivity contribution is 4.98. The van der Waals surface area contributed by atoms with Crippen LogP contribution in [0.5, 0.6) is 0 Å². The van der Waals surface area contributed by atoms with Crippen LogP contribution in [0.4, 0.5) is 0 Å². The molecule has 0 aliphatic heterocycles. The van der Waals surface area contributed by atoms with Crippen molar-refractivity contribution in [2.45, 2.75) is 103 Å². The van der Waals surface area contributed by atoms with E-state index in [1.807, 2.05) is 5.92 Å². The quantitative estimate of drug-likeness (QED) is 0.501. The molecule has 0 bridgehead atoms. The topological polar surface area (TPSA) is 0 Å². The van der Waals surface area contributed by atoms with Gasteiger partial charge >= 0.3 is 0 Å². The summed E-state index contributed by atoms with van der Waals surface area (Å²) in [5, 5.41) is 0. The van der Waals surface area contributed by atoms with Crippen LogP contribution in [-0.4, -0.2) is 0 Å². The Kier molecular flexibility index (Phi) is 7.20. The zero-order chi connectivity index (χ0) is 12.5. The molecule has 1 radical (unpaired) electrons. The molecule has 0 aromatic rings. The lowest BCUT2D eigenvalue weighted by molar-refractivity contribution is 0.350. The van der Waals surface area contributed by atoms with Gasteiger partial charge in [-0.05, 0) is 37.5 Å². The molecular formula is C18H33. The van der Waals surface area contributed by atoms with Gasteiger partial charge in [0.2, 0.25) is 0 Å². The molecule has 0 aromatic carbocycles. The average molecular weight is 249 g/mol. The fraction of sp³-hybridized carbons (Fsp3) is 0.944. The number of hydrogen-bond donors (Lipinski definition) is 0. The Bertz CT molecular complexity index is 178. The van der Waals surface area contributed by atoms with Crippen molar-refractivity contribution in [3.63, 3.8) is 0 Å². The van der Waals surface area contributed by atoms with Gasteiger partial charge < -0.3 is 0 Å². The van der Waals surface area contributed by atoms with Gasteiger partial charge in [0.1, 0.15) is 0 Å². The summed E-state index contributed by atoms with van der Waals surface area (Å²) in [5.74, 6) is 2.99. The zero-order valence-electron chi connectivity index (χ0n) is 12.4. The minimum absolute atomic E-state index is 1.02. The van der Waals surface area contributed by atoms with Crippen molar-refractivity contribution in [2.24, 2.45) is 5.92 Å². The Morgan fingerprint density at radius 1 is 0.444 bits per heavy atom. The second kappa shape index (κ2) is 8.99. The van der Waals surface area contributed by atoms with Crippen LogP contribution in [0.25, 0.3) is 0 Å². The molecule has 0 amide bonds. The van der Waals surface area contributed by atoms with Gasteiger partial charge in [0.05, 0.1) is 0 Å². The maximum Gasteiger partial charge on any atom is -0.0210 e. The van der Waals surface area contributed by atoms with Gasteiger partial charge in [-0.25, -0.2) is 0 Å². The highest BCUT2D eigenvalue weighted by Gasteiger charge is 2.23. The molecule has 2 aliphatic rings. The molecule has 18 heavy (non-hydrogen) atoms. The molecule has 0 saturated heterocycles. The lowest BCUT2D eigenvalue weighted by Crippen LogP contribution is -2.16. The number of hydrogen-bond acceptors (Lipinski definition) is 0. The van der Waals surface area contributed by atoms with E-state index in [4.69, 9.17) is 0 Å². The van der Waals surface area contributed by atoms with Crippen molar-refractivity contribution < 1.29 is 0 Å². The largest absolute Gasteiger partial charge is 0.0533 e. The van der Waals surface area contributed by atoms with Crippen LogP contribution in [0, 0.1) is 11.8 Å². The van der Waals surface area contributed by atoms with Gasteiger partial charge in [0.15, 0.2) is 0 Å². The Balaban J connectivity index is 1.76. The van der Waals surface area contributed by atoms with Crippen molar-refractivity contribution in [1.82, 2.24) is 0 Å². The van der Waals surface area contributed by atoms with Gasteiger partial charge in [-0.3, -0.25) is 0 Å². The molecular weight excluding hydrogens is 216 g/mol. The van der Waals surface area contributed by atoms with E-state index in [-0.39, 0.29) is 0 Å². The van der Waals surface area contributed by atoms with Crippen molar-refractivity contribution >= 4 is 0 Å². The van der Waals surface area contributed by atoms with Crippen LogP contribution in [0.1, 0.15) is 103 Å². The number of rotatable bonds is 1. The Morgan fingerprint density at radius 3 is 1.33 bits per heavy atom. The van der Waals surface area contributed by atoms with Crippen LogP contribution < -0.4 is 0 Å². The fourth-order valence-corrected chi connectivity index (χ4v) is 3.99. The van der Waals surface area contributed by atoms with Crippen molar-refractivity contribution in [3.8, 4) is 0 Å². The summed E-state index contributed by atoms with van der Waals surface area (Å²) < 4.78 is 0. The second-order valence-electron chi connectivity index (χ2n) is 6.68. The normalized spacial score (nSPS) is 27.3. The smallest absolute Gasteiger partial charge is 0.0210 e. The Morgan fingerprint density at radius 2 is 0.833 bits per heavy atom. The zero-order valence-corrected chi connectivity index (χ0v) is 12.4. The molecule has 2 saturated carbocycles. The van der Waals surface area contributed by atoms with Crippen LogP contribution in [-0.2, 0) is 0 Å². The van der Waals surface area contributed by atoms with E-state index >= 15 is 0 Å². The van der Waals surface area contributed by atoms with E-state index in [9.17, 15) is 0 Å². The molecule has 0 spiro atoms. The minimum atomic E-state index is 1.02. The van der Waals surface area contributed by atoms with Gasteiger partial charge in [0.25, 0.3) is 0 Å². The summed E-state index contributed by atoms with van der Waals surface area (Å²) >= 11 is 0. The molecule has 0 unspecified atom stereocenters. The lowest BCUT2D eigenvalue weighted by Gasteiger charge is -2.30. The van der Waals surface area contributed by atoms with Crippen molar-refractivity contribution in [2.75, 3.05) is 0 Å². The highest BCUT2D eigenvalue weighted by Crippen LogP contribution is 2.37. The fourth-order valence-electron chi connectivity index (χ4n) is 3.99. The summed E-state index contributed by atoms with van der Waals surface area (Å²) in [5.41, 5.74) is 0. The molecule has 2 rings (SSSR count). The van der Waals surface area contributed by atoms with Crippen LogP contribution >= 0.6 is 0 Å². The third-order valence-electron chi connectivity index (χ3n) is 5.18. The van der Waals surface area contributed by atoms with Crippen LogP contribution in [0.3, 0.4) is 0 Å². The Hall–Kier alpha value is 0. The molecule has 105 valence electrons. The SMILES string of the molecule is C1CCCCCC([C]2CCCCC2)CCCCC1. The molecule has 0 nitrogen and oxygen atoms in total. The third kappa shape index (κ3) is 5.33. The van der Waals surface area contributed by atoms with Gasteiger partial charge in [-0.15, -0.1) is 0 Å². The first kappa shape index (κ1) is 14.4. The molecule has 0 N–H and O–H groups in total. The predicted molar refractivity (Wildman–Crippen MR) is 80.6 cm³/mol. The van der Waals surface area contributed by atoms with E-state index < -0.39 is 0 Å². The van der Waals surface area contributed by atoms with Gasteiger partial charge in [0, 0.05) is 0 Å². The molecule has 2 fully saturated rings. The van der Waals surface area contributed by atoms with E-state index in [0.717, 1.165) is 5.92 Å². The monoisotopic (exact) mass is 249 g/mol. The summed E-state index contributed by atoms with van der Waals surface area (Å²) in [4.78, 5) is 0. The van der Waals surface area contributed by atoms with Gasteiger partial charge in [-0.2, -0.15) is 0 Å².